The second kappa shape index (κ2) is 5.98. The van der Waals surface area contributed by atoms with E-state index >= 15 is 0 Å². The van der Waals surface area contributed by atoms with Crippen LogP contribution in [-0.2, 0) is 4.79 Å². The van der Waals surface area contributed by atoms with E-state index in [-0.39, 0.29) is 11.5 Å². The van der Waals surface area contributed by atoms with Crippen molar-refractivity contribution >= 4 is 11.8 Å². The van der Waals surface area contributed by atoms with Gasteiger partial charge in [-0.25, -0.2) is 8.78 Å². The van der Waals surface area contributed by atoms with Crippen molar-refractivity contribution in [3.8, 4) is 0 Å². The zero-order chi connectivity index (χ0) is 14.7. The molecule has 1 aromatic rings. The monoisotopic (exact) mass is 282 g/mol. The van der Waals surface area contributed by atoms with Gasteiger partial charge in [0.15, 0.2) is 11.6 Å². The van der Waals surface area contributed by atoms with Gasteiger partial charge in [-0.2, -0.15) is 0 Å². The summed E-state index contributed by atoms with van der Waals surface area (Å²) < 4.78 is 25.8. The van der Waals surface area contributed by atoms with Gasteiger partial charge < -0.3 is 10.2 Å². The van der Waals surface area contributed by atoms with Crippen LogP contribution in [0.4, 0.5) is 8.78 Å². The first-order chi connectivity index (χ1) is 9.49. The normalized spacial score (nSPS) is 16.1. The maximum absolute atomic E-state index is 13.1. The first kappa shape index (κ1) is 14.4. The fourth-order valence-electron chi connectivity index (χ4n) is 2.19. The van der Waals surface area contributed by atoms with Crippen LogP contribution in [-0.4, -0.2) is 35.8 Å². The fraction of sp³-hybridized carbons (Fsp3) is 0.429. The Morgan fingerprint density at radius 2 is 1.85 bits per heavy atom. The zero-order valence-electron chi connectivity index (χ0n) is 11.2. The molecule has 1 saturated heterocycles. The Balaban J connectivity index is 1.99. The third-order valence-electron chi connectivity index (χ3n) is 3.32. The van der Waals surface area contributed by atoms with Crippen molar-refractivity contribution in [1.29, 1.82) is 0 Å². The highest BCUT2D eigenvalue weighted by Gasteiger charge is 2.24. The third-order valence-corrected chi connectivity index (χ3v) is 3.32. The van der Waals surface area contributed by atoms with Gasteiger partial charge in [-0.15, -0.1) is 0 Å². The second-order valence-corrected chi connectivity index (χ2v) is 4.86. The molecule has 6 heteroatoms. The van der Waals surface area contributed by atoms with Crippen LogP contribution < -0.4 is 5.32 Å². The Hall–Kier alpha value is -1.98. The number of rotatable bonds is 3. The third kappa shape index (κ3) is 3.12. The van der Waals surface area contributed by atoms with Gasteiger partial charge in [-0.1, -0.05) is 0 Å². The molecule has 0 radical (unpaired) electrons. The highest BCUT2D eigenvalue weighted by molar-refractivity contribution is 5.97. The first-order valence-electron chi connectivity index (χ1n) is 6.54. The molecule has 1 atom stereocenters. The van der Waals surface area contributed by atoms with E-state index in [0.29, 0.717) is 13.1 Å². The first-order valence-corrected chi connectivity index (χ1v) is 6.54. The van der Waals surface area contributed by atoms with Gasteiger partial charge in [-0.3, -0.25) is 9.59 Å². The number of carbonyl (C=O) groups excluding carboxylic acids is 2. The van der Waals surface area contributed by atoms with Crippen molar-refractivity contribution < 1.29 is 18.4 Å². The molecular formula is C14H16F2N2O2. The van der Waals surface area contributed by atoms with Crippen LogP contribution >= 0.6 is 0 Å². The molecule has 0 bridgehead atoms. The zero-order valence-corrected chi connectivity index (χ0v) is 11.2. The number of amides is 2. The van der Waals surface area contributed by atoms with E-state index < -0.39 is 23.6 Å². The number of likely N-dealkylation sites (tertiary alicyclic amines) is 1. The van der Waals surface area contributed by atoms with E-state index in [1.165, 1.54) is 6.07 Å². The number of hydrogen-bond donors (Lipinski definition) is 1. The van der Waals surface area contributed by atoms with Gasteiger partial charge in [0.1, 0.15) is 6.04 Å². The summed E-state index contributed by atoms with van der Waals surface area (Å²) in [5, 5.41) is 2.50. The summed E-state index contributed by atoms with van der Waals surface area (Å²) in [4.78, 5) is 25.6. The molecule has 1 N–H and O–H groups in total. The molecule has 1 aliphatic heterocycles. The standard InChI is InChI=1S/C14H16F2N2O2/c1-9(14(20)18-6-2-3-7-18)17-13(19)10-4-5-11(15)12(16)8-10/h4-5,8-9H,2-3,6-7H2,1H3,(H,17,19)/t9-/m0/s1. The topological polar surface area (TPSA) is 49.4 Å². The lowest BCUT2D eigenvalue weighted by Gasteiger charge is -2.21. The SMILES string of the molecule is C[C@H](NC(=O)c1ccc(F)c(F)c1)C(=O)N1CCCC1. The van der Waals surface area contributed by atoms with Gasteiger partial charge in [0.2, 0.25) is 5.91 Å². The molecule has 0 unspecified atom stereocenters. The van der Waals surface area contributed by atoms with Gasteiger partial charge in [-0.05, 0) is 38.0 Å². The van der Waals surface area contributed by atoms with Crippen LogP contribution in [0.3, 0.4) is 0 Å². The number of nitrogens with one attached hydrogen (secondary N) is 1. The Labute approximate surface area is 115 Å². The Bertz CT molecular complexity index is 528. The minimum atomic E-state index is -1.09. The van der Waals surface area contributed by atoms with Gasteiger partial charge in [0.25, 0.3) is 5.91 Å². The molecule has 4 nitrogen and oxygen atoms in total. The Kier molecular flexibility index (Phi) is 4.32. The van der Waals surface area contributed by atoms with Crippen molar-refractivity contribution in [2.45, 2.75) is 25.8 Å². The lowest BCUT2D eigenvalue weighted by molar-refractivity contribution is -0.131. The highest BCUT2D eigenvalue weighted by atomic mass is 19.2. The maximum Gasteiger partial charge on any atom is 0.252 e. The summed E-state index contributed by atoms with van der Waals surface area (Å²) >= 11 is 0. The molecule has 0 saturated carbocycles. The number of halogens is 2. The summed E-state index contributed by atoms with van der Waals surface area (Å²) in [6.07, 6.45) is 1.94. The predicted molar refractivity (Wildman–Crippen MR) is 69.1 cm³/mol. The van der Waals surface area contributed by atoms with E-state index in [1.54, 1.807) is 11.8 Å². The maximum atomic E-state index is 13.1. The van der Waals surface area contributed by atoms with E-state index in [4.69, 9.17) is 0 Å². The fourth-order valence-corrected chi connectivity index (χ4v) is 2.19. The van der Waals surface area contributed by atoms with Crippen LogP contribution in [0.2, 0.25) is 0 Å². The average Bonchev–Trinajstić information content (AvgIpc) is 2.94. The Morgan fingerprint density at radius 3 is 2.45 bits per heavy atom. The Morgan fingerprint density at radius 1 is 1.20 bits per heavy atom. The van der Waals surface area contributed by atoms with Crippen LogP contribution in [0.5, 0.6) is 0 Å². The van der Waals surface area contributed by atoms with Crippen LogP contribution in [0.1, 0.15) is 30.1 Å². The number of hydrogen-bond acceptors (Lipinski definition) is 2. The van der Waals surface area contributed by atoms with E-state index in [9.17, 15) is 18.4 Å². The molecule has 1 fully saturated rings. The lowest BCUT2D eigenvalue weighted by atomic mass is 10.2. The number of nitrogens with zero attached hydrogens (tertiary/aromatic N) is 1. The summed E-state index contributed by atoms with van der Waals surface area (Å²) in [5.74, 6) is -2.85. The molecule has 1 heterocycles. The molecule has 1 aliphatic rings. The summed E-state index contributed by atoms with van der Waals surface area (Å²) in [7, 11) is 0. The predicted octanol–water partition coefficient (Wildman–Crippen LogP) is 1.71. The lowest BCUT2D eigenvalue weighted by Crippen LogP contribution is -2.45. The van der Waals surface area contributed by atoms with E-state index in [0.717, 1.165) is 25.0 Å². The average molecular weight is 282 g/mol. The molecule has 2 amide bonds. The van der Waals surface area contributed by atoms with Crippen molar-refractivity contribution in [3.63, 3.8) is 0 Å². The number of carbonyl (C=O) groups is 2. The molecule has 2 rings (SSSR count). The van der Waals surface area contributed by atoms with Crippen molar-refractivity contribution in [3.05, 3.63) is 35.4 Å². The highest BCUT2D eigenvalue weighted by Crippen LogP contribution is 2.11. The quantitative estimate of drug-likeness (QED) is 0.917. The molecular weight excluding hydrogens is 266 g/mol. The molecule has 1 aromatic carbocycles. The van der Waals surface area contributed by atoms with Gasteiger partial charge in [0, 0.05) is 18.7 Å². The van der Waals surface area contributed by atoms with Crippen LogP contribution in [0.25, 0.3) is 0 Å². The molecule has 0 aromatic heterocycles. The van der Waals surface area contributed by atoms with E-state index in [1.807, 2.05) is 0 Å². The molecule has 108 valence electrons. The minimum absolute atomic E-state index is 0.00929. The van der Waals surface area contributed by atoms with Crippen LogP contribution in [0, 0.1) is 11.6 Å². The van der Waals surface area contributed by atoms with Gasteiger partial charge >= 0.3 is 0 Å². The largest absolute Gasteiger partial charge is 0.341 e. The van der Waals surface area contributed by atoms with Crippen molar-refractivity contribution in [2.24, 2.45) is 0 Å². The molecule has 0 aliphatic carbocycles. The van der Waals surface area contributed by atoms with Gasteiger partial charge in [0.05, 0.1) is 0 Å². The van der Waals surface area contributed by atoms with Crippen molar-refractivity contribution in [1.82, 2.24) is 10.2 Å². The molecule has 0 spiro atoms. The number of benzene rings is 1. The minimum Gasteiger partial charge on any atom is -0.341 e. The van der Waals surface area contributed by atoms with E-state index in [2.05, 4.69) is 5.32 Å². The van der Waals surface area contributed by atoms with Crippen LogP contribution in [0.15, 0.2) is 18.2 Å². The summed E-state index contributed by atoms with van der Waals surface area (Å²) in [6.45, 7) is 2.98. The smallest absolute Gasteiger partial charge is 0.252 e. The van der Waals surface area contributed by atoms with Crippen molar-refractivity contribution in [2.75, 3.05) is 13.1 Å². The second-order valence-electron chi connectivity index (χ2n) is 4.86. The summed E-state index contributed by atoms with van der Waals surface area (Å²) in [5.41, 5.74) is -0.00929. The molecule has 20 heavy (non-hydrogen) atoms. The summed E-state index contributed by atoms with van der Waals surface area (Å²) in [6, 6.07) is 2.20.